The van der Waals surface area contributed by atoms with Crippen LogP contribution in [-0.2, 0) is 16.2 Å². The molecule has 0 aliphatic carbocycles. The van der Waals surface area contributed by atoms with Gasteiger partial charge in [0, 0.05) is 55.2 Å². The van der Waals surface area contributed by atoms with Gasteiger partial charge in [0.25, 0.3) is 5.91 Å². The smallest absolute Gasteiger partial charge is 0.267 e. The van der Waals surface area contributed by atoms with Crippen molar-refractivity contribution >= 4 is 34.1 Å². The number of methoxy groups -OCH3 is 1. The highest BCUT2D eigenvalue weighted by atomic mass is 32.2. The van der Waals surface area contributed by atoms with E-state index in [4.69, 9.17) is 4.74 Å². The number of rotatable bonds is 5. The number of fused-ring (bicyclic) bond motifs is 2. The molecule has 0 aromatic heterocycles. The van der Waals surface area contributed by atoms with Crippen LogP contribution < -0.4 is 20.4 Å². The molecule has 0 bridgehead atoms. The summed E-state index contributed by atoms with van der Waals surface area (Å²) in [5.74, 6) is 0.706. The van der Waals surface area contributed by atoms with Gasteiger partial charge in [-0.25, -0.2) is 0 Å². The van der Waals surface area contributed by atoms with Gasteiger partial charge in [-0.15, -0.1) is 0 Å². The standard InChI is InChI=1S/C27H27N5O2S/c1-34-21-12-10-20(11-13-21)25-29-30-27(35-25)24-22(28-26(27)33)8-5-9-23(24)32-16-14-31(15-17-32)18-19-6-3-2-4-7-19/h2-13,30H,14-18H2,1H3,(H,28,33). The number of anilines is 2. The Balaban J connectivity index is 1.23. The minimum absolute atomic E-state index is 0.0834. The Morgan fingerprint density at radius 1 is 0.971 bits per heavy atom. The summed E-state index contributed by atoms with van der Waals surface area (Å²) in [7, 11) is 1.65. The summed E-state index contributed by atoms with van der Waals surface area (Å²) < 4.78 is 5.28. The van der Waals surface area contributed by atoms with E-state index in [-0.39, 0.29) is 5.91 Å². The first-order valence-corrected chi connectivity index (χ1v) is 12.6. The lowest BCUT2D eigenvalue weighted by Gasteiger charge is -2.38. The van der Waals surface area contributed by atoms with Gasteiger partial charge >= 0.3 is 0 Å². The molecule has 1 atom stereocenters. The lowest BCUT2D eigenvalue weighted by molar-refractivity contribution is -0.118. The largest absolute Gasteiger partial charge is 0.497 e. The zero-order valence-corrected chi connectivity index (χ0v) is 20.3. The Bertz CT molecular complexity index is 1270. The van der Waals surface area contributed by atoms with Crippen LogP contribution in [0.3, 0.4) is 0 Å². The molecule has 3 aliphatic rings. The van der Waals surface area contributed by atoms with Crippen molar-refractivity contribution in [3.05, 3.63) is 89.5 Å². The number of amides is 1. The molecular weight excluding hydrogens is 458 g/mol. The second-order valence-electron chi connectivity index (χ2n) is 8.94. The number of nitrogens with zero attached hydrogens (tertiary/aromatic N) is 3. The molecule has 6 rings (SSSR count). The van der Waals surface area contributed by atoms with E-state index in [9.17, 15) is 4.79 Å². The lowest BCUT2D eigenvalue weighted by Crippen LogP contribution is -2.47. The predicted molar refractivity (Wildman–Crippen MR) is 141 cm³/mol. The number of hydrogen-bond acceptors (Lipinski definition) is 7. The summed E-state index contributed by atoms with van der Waals surface area (Å²) in [6, 6.07) is 24.5. The van der Waals surface area contributed by atoms with Gasteiger partial charge in [-0.05, 0) is 42.0 Å². The molecule has 3 aromatic carbocycles. The van der Waals surface area contributed by atoms with E-state index in [1.54, 1.807) is 7.11 Å². The molecule has 3 heterocycles. The van der Waals surface area contributed by atoms with Crippen molar-refractivity contribution in [3.63, 3.8) is 0 Å². The van der Waals surface area contributed by atoms with Gasteiger partial charge in [-0.3, -0.25) is 15.1 Å². The Morgan fingerprint density at radius 3 is 2.49 bits per heavy atom. The van der Waals surface area contributed by atoms with Crippen molar-refractivity contribution in [1.82, 2.24) is 10.3 Å². The summed E-state index contributed by atoms with van der Waals surface area (Å²) in [4.78, 5) is 17.2. The molecule has 3 aliphatic heterocycles. The maximum absolute atomic E-state index is 13.3. The summed E-state index contributed by atoms with van der Waals surface area (Å²) >= 11 is 1.47. The summed E-state index contributed by atoms with van der Waals surface area (Å²) in [6.07, 6.45) is 0. The highest BCUT2D eigenvalue weighted by Gasteiger charge is 2.54. The quantitative estimate of drug-likeness (QED) is 0.573. The molecule has 1 fully saturated rings. The summed E-state index contributed by atoms with van der Waals surface area (Å²) in [6.45, 7) is 4.72. The van der Waals surface area contributed by atoms with E-state index in [1.807, 2.05) is 36.4 Å². The van der Waals surface area contributed by atoms with Crippen molar-refractivity contribution in [2.24, 2.45) is 5.10 Å². The predicted octanol–water partition coefficient (Wildman–Crippen LogP) is 3.82. The monoisotopic (exact) mass is 485 g/mol. The van der Waals surface area contributed by atoms with E-state index in [0.29, 0.717) is 0 Å². The summed E-state index contributed by atoms with van der Waals surface area (Å²) in [5.41, 5.74) is 8.41. The number of carbonyl (C=O) groups excluding carboxylic acids is 1. The fourth-order valence-corrected chi connectivity index (χ4v) is 6.16. The van der Waals surface area contributed by atoms with Gasteiger partial charge < -0.3 is 15.0 Å². The van der Waals surface area contributed by atoms with E-state index >= 15 is 0 Å². The first kappa shape index (κ1) is 22.0. The average molecular weight is 486 g/mol. The van der Waals surface area contributed by atoms with Crippen LogP contribution >= 0.6 is 11.8 Å². The molecule has 1 spiro atoms. The molecule has 0 radical (unpaired) electrons. The molecule has 7 nitrogen and oxygen atoms in total. The molecule has 1 unspecified atom stereocenters. The maximum atomic E-state index is 13.3. The fraction of sp³-hybridized carbons (Fsp3) is 0.259. The zero-order valence-electron chi connectivity index (χ0n) is 19.5. The van der Waals surface area contributed by atoms with Gasteiger partial charge in [0.1, 0.15) is 10.8 Å². The van der Waals surface area contributed by atoms with Crippen LogP contribution in [0.15, 0.2) is 77.9 Å². The van der Waals surface area contributed by atoms with Crippen LogP contribution in [0.5, 0.6) is 5.75 Å². The summed E-state index contributed by atoms with van der Waals surface area (Å²) in [5, 5.41) is 8.47. The highest BCUT2D eigenvalue weighted by Crippen LogP contribution is 2.51. The minimum Gasteiger partial charge on any atom is -0.497 e. The van der Waals surface area contributed by atoms with Crippen molar-refractivity contribution in [1.29, 1.82) is 0 Å². The van der Waals surface area contributed by atoms with Crippen LogP contribution in [0.2, 0.25) is 0 Å². The average Bonchev–Trinajstić information content (AvgIpc) is 3.47. The lowest BCUT2D eigenvalue weighted by atomic mass is 10.0. The topological polar surface area (TPSA) is 69.2 Å². The second-order valence-corrected chi connectivity index (χ2v) is 10.1. The molecule has 35 heavy (non-hydrogen) atoms. The first-order valence-electron chi connectivity index (χ1n) is 11.8. The van der Waals surface area contributed by atoms with Crippen LogP contribution in [0.25, 0.3) is 0 Å². The Kier molecular flexibility index (Phi) is 5.62. The molecule has 178 valence electrons. The molecule has 2 N–H and O–H groups in total. The molecule has 1 saturated heterocycles. The fourth-order valence-electron chi connectivity index (χ4n) is 4.97. The van der Waals surface area contributed by atoms with Gasteiger partial charge in [0.15, 0.2) is 0 Å². The normalized spacial score (nSPS) is 21.5. The van der Waals surface area contributed by atoms with Crippen LogP contribution in [0, 0.1) is 0 Å². The zero-order chi connectivity index (χ0) is 23.8. The highest BCUT2D eigenvalue weighted by molar-refractivity contribution is 8.16. The number of nitrogens with one attached hydrogen (secondary N) is 2. The minimum atomic E-state index is -0.970. The molecule has 3 aromatic rings. The second kappa shape index (κ2) is 8.94. The van der Waals surface area contributed by atoms with E-state index in [2.05, 4.69) is 62.0 Å². The number of piperazine rings is 1. The Morgan fingerprint density at radius 2 is 1.74 bits per heavy atom. The van der Waals surface area contributed by atoms with Crippen LogP contribution in [-0.4, -0.2) is 49.1 Å². The number of hydrazone groups is 1. The Labute approximate surface area is 209 Å². The molecule has 0 saturated carbocycles. The van der Waals surface area contributed by atoms with Crippen molar-refractivity contribution in [2.75, 3.05) is 43.5 Å². The third kappa shape index (κ3) is 3.92. The van der Waals surface area contributed by atoms with Gasteiger partial charge in [0.2, 0.25) is 4.87 Å². The van der Waals surface area contributed by atoms with Crippen molar-refractivity contribution < 1.29 is 9.53 Å². The maximum Gasteiger partial charge on any atom is 0.267 e. The van der Waals surface area contributed by atoms with E-state index in [1.165, 1.54) is 17.3 Å². The first-order chi connectivity index (χ1) is 17.2. The number of thioether (sulfide) groups is 1. The molecule has 8 heteroatoms. The number of carbonyl (C=O) groups is 1. The molecular formula is C27H27N5O2S. The van der Waals surface area contributed by atoms with Gasteiger partial charge in [-0.2, -0.15) is 5.10 Å². The van der Waals surface area contributed by atoms with Crippen LogP contribution in [0.4, 0.5) is 11.4 Å². The van der Waals surface area contributed by atoms with Gasteiger partial charge in [-0.1, -0.05) is 48.2 Å². The number of hydrogen-bond donors (Lipinski definition) is 2. The Hall–Kier alpha value is -3.49. The SMILES string of the molecule is COc1ccc(C2=NNC3(S2)C(=O)Nc2cccc(N4CCN(Cc5ccccc5)CC4)c23)cc1. The molecule has 1 amide bonds. The number of benzene rings is 3. The van der Waals surface area contributed by atoms with E-state index < -0.39 is 4.87 Å². The number of ether oxygens (including phenoxy) is 1. The third-order valence-electron chi connectivity index (χ3n) is 6.83. The van der Waals surface area contributed by atoms with Crippen molar-refractivity contribution in [3.8, 4) is 5.75 Å². The third-order valence-corrected chi connectivity index (χ3v) is 8.13. The van der Waals surface area contributed by atoms with Crippen LogP contribution in [0.1, 0.15) is 16.7 Å². The van der Waals surface area contributed by atoms with E-state index in [0.717, 1.165) is 66.0 Å². The van der Waals surface area contributed by atoms with Crippen molar-refractivity contribution in [2.45, 2.75) is 11.4 Å². The van der Waals surface area contributed by atoms with Gasteiger partial charge in [0.05, 0.1) is 7.11 Å².